The third kappa shape index (κ3) is 3.98. The van der Waals surface area contributed by atoms with E-state index in [1.807, 2.05) is 0 Å². The fraction of sp³-hybridized carbons (Fsp3) is 0.250. The van der Waals surface area contributed by atoms with Crippen LogP contribution in [0.25, 0.3) is 28.1 Å². The van der Waals surface area contributed by atoms with Crippen LogP contribution >= 0.6 is 0 Å². The van der Waals surface area contributed by atoms with E-state index in [2.05, 4.69) is 15.0 Å². The molecule has 0 aliphatic heterocycles. The molecule has 0 N–H and O–H groups in total. The maximum Gasteiger partial charge on any atom is 0.330 e. The third-order valence-electron chi connectivity index (χ3n) is 5.75. The zero-order chi connectivity index (χ0) is 25.4. The van der Waals surface area contributed by atoms with E-state index in [1.165, 1.54) is 51.5 Å². The molecule has 0 bridgehead atoms. The minimum atomic E-state index is -0.744. The van der Waals surface area contributed by atoms with Crippen LogP contribution in [0.3, 0.4) is 0 Å². The lowest BCUT2D eigenvalue weighted by Crippen LogP contribution is -2.26. The van der Waals surface area contributed by atoms with Gasteiger partial charge in [0.05, 0.1) is 49.1 Å². The highest BCUT2D eigenvalue weighted by molar-refractivity contribution is 5.77. The number of halogens is 3. The molecule has 5 rings (SSSR count). The van der Waals surface area contributed by atoms with E-state index in [0.717, 1.165) is 12.1 Å². The number of benzene rings is 2. The second kappa shape index (κ2) is 9.46. The molecule has 0 amide bonds. The Hall–Kier alpha value is -4.19. The van der Waals surface area contributed by atoms with Gasteiger partial charge in [-0.1, -0.05) is 0 Å². The molecular weight excluding hydrogens is 477 g/mol. The smallest absolute Gasteiger partial charge is 0.330 e. The number of rotatable bonds is 8. The van der Waals surface area contributed by atoms with Gasteiger partial charge in [-0.05, 0) is 31.2 Å². The highest BCUT2D eigenvalue weighted by atomic mass is 19.1. The van der Waals surface area contributed by atoms with Gasteiger partial charge in [-0.2, -0.15) is 4.98 Å². The summed E-state index contributed by atoms with van der Waals surface area (Å²) in [5, 5.41) is 0. The fourth-order valence-corrected chi connectivity index (χ4v) is 4.06. The number of methoxy groups -OCH3 is 1. The van der Waals surface area contributed by atoms with Crippen molar-refractivity contribution in [3.63, 3.8) is 0 Å². The summed E-state index contributed by atoms with van der Waals surface area (Å²) < 4.78 is 57.7. The molecule has 0 saturated carbocycles. The second-order valence-electron chi connectivity index (χ2n) is 7.91. The van der Waals surface area contributed by atoms with Gasteiger partial charge in [0, 0.05) is 13.2 Å². The molecule has 0 saturated heterocycles. The van der Waals surface area contributed by atoms with E-state index in [0.29, 0.717) is 16.6 Å². The summed E-state index contributed by atoms with van der Waals surface area (Å²) >= 11 is 0. The Morgan fingerprint density at radius 3 is 2.58 bits per heavy atom. The number of aromatic nitrogens is 6. The predicted octanol–water partition coefficient (Wildman–Crippen LogP) is 3.44. The first-order valence-electron chi connectivity index (χ1n) is 11.1. The molecule has 0 radical (unpaired) electrons. The Kier molecular flexibility index (Phi) is 6.18. The summed E-state index contributed by atoms with van der Waals surface area (Å²) in [7, 11) is 1.50. The zero-order valence-corrected chi connectivity index (χ0v) is 19.4. The molecule has 186 valence electrons. The van der Waals surface area contributed by atoms with Gasteiger partial charge in [-0.25, -0.2) is 27.9 Å². The highest BCUT2D eigenvalue weighted by Crippen LogP contribution is 2.27. The van der Waals surface area contributed by atoms with Gasteiger partial charge in [-0.3, -0.25) is 13.7 Å². The molecule has 0 atom stereocenters. The van der Waals surface area contributed by atoms with Gasteiger partial charge in [0.2, 0.25) is 5.95 Å². The summed E-state index contributed by atoms with van der Waals surface area (Å²) in [6.07, 6.45) is 2.89. The molecule has 0 aliphatic rings. The highest BCUT2D eigenvalue weighted by Gasteiger charge is 2.22. The van der Waals surface area contributed by atoms with Crippen LogP contribution in [0.4, 0.5) is 13.2 Å². The number of hydrogen-bond acceptors (Lipinski definition) is 6. The molecule has 0 unspecified atom stereocenters. The monoisotopic (exact) mass is 498 g/mol. The molecule has 2 aromatic carbocycles. The molecule has 3 aromatic heterocycles. The maximum absolute atomic E-state index is 14.8. The standard InChI is InChI=1S/C24H21F3N6O3/c1-3-36-21-15(16(26)5-6-17(21)27)12-32-22-20(31(24(32)34)8-9-35-2)11-28-23(30-22)33-13-29-18-7-4-14(25)10-19(18)33/h4-7,10-11,13H,3,8-9,12H2,1-2H3. The molecule has 36 heavy (non-hydrogen) atoms. The van der Waals surface area contributed by atoms with Crippen LogP contribution in [0.15, 0.2) is 47.7 Å². The summed E-state index contributed by atoms with van der Waals surface area (Å²) in [6, 6.07) is 6.07. The average molecular weight is 498 g/mol. The van der Waals surface area contributed by atoms with E-state index in [-0.39, 0.29) is 49.2 Å². The molecular formula is C24H21F3N6O3. The fourth-order valence-electron chi connectivity index (χ4n) is 4.06. The molecule has 0 spiro atoms. The van der Waals surface area contributed by atoms with Crippen molar-refractivity contribution in [3.8, 4) is 11.7 Å². The average Bonchev–Trinajstić information content (AvgIpc) is 3.40. The van der Waals surface area contributed by atoms with Crippen molar-refractivity contribution >= 4 is 22.2 Å². The molecule has 12 heteroatoms. The van der Waals surface area contributed by atoms with E-state index in [1.54, 1.807) is 6.92 Å². The Morgan fingerprint density at radius 2 is 1.81 bits per heavy atom. The van der Waals surface area contributed by atoms with Crippen molar-refractivity contribution in [1.82, 2.24) is 28.7 Å². The maximum atomic E-state index is 14.8. The van der Waals surface area contributed by atoms with Gasteiger partial charge in [0.1, 0.15) is 23.5 Å². The number of ether oxygens (including phenoxy) is 2. The van der Waals surface area contributed by atoms with Crippen molar-refractivity contribution in [2.45, 2.75) is 20.0 Å². The van der Waals surface area contributed by atoms with E-state index in [4.69, 9.17) is 9.47 Å². The minimum absolute atomic E-state index is 0.106. The molecule has 0 aliphatic carbocycles. The normalized spacial score (nSPS) is 11.6. The van der Waals surface area contributed by atoms with Crippen LogP contribution in [-0.2, 0) is 17.8 Å². The van der Waals surface area contributed by atoms with Crippen LogP contribution in [0, 0.1) is 17.5 Å². The van der Waals surface area contributed by atoms with Crippen LogP contribution in [0.2, 0.25) is 0 Å². The van der Waals surface area contributed by atoms with E-state index in [9.17, 15) is 18.0 Å². The summed E-state index contributed by atoms with van der Waals surface area (Å²) in [4.78, 5) is 26.5. The number of fused-ring (bicyclic) bond motifs is 2. The Balaban J connectivity index is 1.71. The van der Waals surface area contributed by atoms with Crippen LogP contribution in [-0.4, -0.2) is 49.0 Å². The molecule has 0 fully saturated rings. The van der Waals surface area contributed by atoms with Crippen molar-refractivity contribution in [1.29, 1.82) is 0 Å². The van der Waals surface area contributed by atoms with Gasteiger partial charge in [0.25, 0.3) is 0 Å². The van der Waals surface area contributed by atoms with Gasteiger partial charge < -0.3 is 9.47 Å². The first-order chi connectivity index (χ1) is 17.4. The number of imidazole rings is 2. The summed E-state index contributed by atoms with van der Waals surface area (Å²) in [5.74, 6) is -2.08. The lowest BCUT2D eigenvalue weighted by atomic mass is 10.1. The van der Waals surface area contributed by atoms with Crippen molar-refractivity contribution in [2.24, 2.45) is 0 Å². The third-order valence-corrected chi connectivity index (χ3v) is 5.75. The van der Waals surface area contributed by atoms with Crippen LogP contribution in [0.5, 0.6) is 5.75 Å². The van der Waals surface area contributed by atoms with Crippen molar-refractivity contribution in [2.75, 3.05) is 20.3 Å². The largest absolute Gasteiger partial charge is 0.490 e. The van der Waals surface area contributed by atoms with Gasteiger partial charge in [-0.15, -0.1) is 0 Å². The predicted molar refractivity (Wildman–Crippen MR) is 125 cm³/mol. The Morgan fingerprint density at radius 1 is 1.00 bits per heavy atom. The second-order valence-corrected chi connectivity index (χ2v) is 7.91. The number of hydrogen-bond donors (Lipinski definition) is 0. The minimum Gasteiger partial charge on any atom is -0.490 e. The summed E-state index contributed by atoms with van der Waals surface area (Å²) in [6.45, 7) is 1.82. The van der Waals surface area contributed by atoms with Gasteiger partial charge >= 0.3 is 5.69 Å². The lowest BCUT2D eigenvalue weighted by Gasteiger charge is -2.13. The molecule has 3 heterocycles. The van der Waals surface area contributed by atoms with Crippen molar-refractivity contribution in [3.05, 3.63) is 76.4 Å². The van der Waals surface area contributed by atoms with Crippen LogP contribution < -0.4 is 10.4 Å². The zero-order valence-electron chi connectivity index (χ0n) is 19.4. The first-order valence-corrected chi connectivity index (χ1v) is 11.1. The van der Waals surface area contributed by atoms with E-state index >= 15 is 0 Å². The van der Waals surface area contributed by atoms with Crippen molar-refractivity contribution < 1.29 is 22.6 Å². The summed E-state index contributed by atoms with van der Waals surface area (Å²) in [5.41, 5.74) is 0.855. The molecule has 5 aromatic rings. The molecule has 9 nitrogen and oxygen atoms in total. The Bertz CT molecular complexity index is 1640. The Labute approximate surface area is 202 Å². The van der Waals surface area contributed by atoms with Gasteiger partial charge in [0.15, 0.2) is 17.2 Å². The first kappa shape index (κ1) is 23.5. The quantitative estimate of drug-likeness (QED) is 0.326. The number of nitrogens with zero attached hydrogens (tertiary/aromatic N) is 6. The van der Waals surface area contributed by atoms with E-state index < -0.39 is 23.1 Å². The lowest BCUT2D eigenvalue weighted by molar-refractivity contribution is 0.187. The topological polar surface area (TPSA) is 89.0 Å². The van der Waals surface area contributed by atoms with Crippen LogP contribution in [0.1, 0.15) is 12.5 Å². The SMILES string of the molecule is CCOc1c(F)ccc(F)c1Cn1c(=O)n(CCOC)c2cnc(-n3cnc4ccc(F)cc43)nc21.